The van der Waals surface area contributed by atoms with Gasteiger partial charge in [0, 0.05) is 25.1 Å². The largest absolute Gasteiger partial charge is 0.377 e. The maximum absolute atomic E-state index is 5.33. The van der Waals surface area contributed by atoms with Crippen LogP contribution in [0.25, 0.3) is 0 Å². The highest BCUT2D eigenvalue weighted by Crippen LogP contribution is 2.16. The molecule has 0 aliphatic heterocycles. The third-order valence-electron chi connectivity index (χ3n) is 2.45. The van der Waals surface area contributed by atoms with Gasteiger partial charge in [-0.05, 0) is 27.7 Å². The normalized spacial score (nSPS) is 12.1. The fraction of sp³-hybridized carbons (Fsp3) is 0.727. The zero-order valence-electron chi connectivity index (χ0n) is 10.2. The van der Waals surface area contributed by atoms with Crippen LogP contribution in [0.4, 0.5) is 0 Å². The maximum Gasteiger partial charge on any atom is 0.107 e. The summed E-state index contributed by atoms with van der Waals surface area (Å²) >= 11 is 1.76. The van der Waals surface area contributed by atoms with E-state index in [0.29, 0.717) is 0 Å². The summed E-state index contributed by atoms with van der Waals surface area (Å²) in [5, 5.41) is 4.51. The molecule has 0 radical (unpaired) electrons. The fourth-order valence-corrected chi connectivity index (χ4v) is 2.06. The van der Waals surface area contributed by atoms with Gasteiger partial charge >= 0.3 is 0 Å². The first kappa shape index (κ1) is 12.6. The molecular formula is C11H20N2OS. The summed E-state index contributed by atoms with van der Waals surface area (Å²) in [5.74, 6) is 0. The molecule has 1 heterocycles. The maximum atomic E-state index is 5.33. The third-order valence-corrected chi connectivity index (χ3v) is 3.53. The molecule has 0 aliphatic rings. The first-order valence-corrected chi connectivity index (χ1v) is 5.95. The predicted octanol–water partition coefficient (Wildman–Crippen LogP) is 2.27. The lowest BCUT2D eigenvalue weighted by Crippen LogP contribution is -2.36. The number of aryl methyl sites for hydroxylation is 2. The Bertz CT molecular complexity index is 301. The summed E-state index contributed by atoms with van der Waals surface area (Å²) in [4.78, 5) is 5.77. The second-order valence-corrected chi connectivity index (χ2v) is 5.60. The molecule has 0 aromatic carbocycles. The Morgan fingerprint density at radius 2 is 2.07 bits per heavy atom. The molecule has 0 spiro atoms. The summed E-state index contributed by atoms with van der Waals surface area (Å²) < 4.78 is 5.33. The zero-order valence-corrected chi connectivity index (χ0v) is 11.0. The van der Waals surface area contributed by atoms with Crippen LogP contribution >= 0.6 is 11.3 Å². The Labute approximate surface area is 95.9 Å². The van der Waals surface area contributed by atoms with Crippen molar-refractivity contribution in [2.45, 2.75) is 39.8 Å². The molecule has 4 heteroatoms. The minimum atomic E-state index is -0.110. The molecule has 86 valence electrons. The van der Waals surface area contributed by atoms with Gasteiger partial charge in [0.25, 0.3) is 0 Å². The molecule has 1 rings (SSSR count). The average Bonchev–Trinajstić information content (AvgIpc) is 2.46. The zero-order chi connectivity index (χ0) is 11.5. The smallest absolute Gasteiger partial charge is 0.107 e. The first-order valence-electron chi connectivity index (χ1n) is 5.13. The topological polar surface area (TPSA) is 34.1 Å². The molecule has 0 unspecified atom stereocenters. The van der Waals surface area contributed by atoms with Gasteiger partial charge in [0.2, 0.25) is 0 Å². The van der Waals surface area contributed by atoms with Crippen LogP contribution in [0.3, 0.4) is 0 Å². The Kier molecular flexibility index (Phi) is 4.25. The molecule has 15 heavy (non-hydrogen) atoms. The number of aromatic nitrogens is 1. The summed E-state index contributed by atoms with van der Waals surface area (Å²) in [7, 11) is 1.74. The lowest BCUT2D eigenvalue weighted by atomic mass is 10.1. The number of hydrogen-bond donors (Lipinski definition) is 1. The van der Waals surface area contributed by atoms with E-state index in [2.05, 4.69) is 38.0 Å². The predicted molar refractivity (Wildman–Crippen MR) is 64.4 cm³/mol. The minimum absolute atomic E-state index is 0.110. The van der Waals surface area contributed by atoms with Crippen molar-refractivity contribution in [3.63, 3.8) is 0 Å². The van der Waals surface area contributed by atoms with Gasteiger partial charge in [0.1, 0.15) is 5.01 Å². The van der Waals surface area contributed by atoms with E-state index in [1.165, 1.54) is 4.88 Å². The van der Waals surface area contributed by atoms with Crippen molar-refractivity contribution in [3.05, 3.63) is 15.6 Å². The van der Waals surface area contributed by atoms with E-state index >= 15 is 0 Å². The summed E-state index contributed by atoms with van der Waals surface area (Å²) in [6.07, 6.45) is 0. The van der Waals surface area contributed by atoms with Crippen LogP contribution in [0.2, 0.25) is 0 Å². The molecule has 1 aromatic heterocycles. The van der Waals surface area contributed by atoms with E-state index in [-0.39, 0.29) is 5.60 Å². The van der Waals surface area contributed by atoms with Gasteiger partial charge < -0.3 is 10.1 Å². The van der Waals surface area contributed by atoms with E-state index < -0.39 is 0 Å². The monoisotopic (exact) mass is 228 g/mol. The summed E-state index contributed by atoms with van der Waals surface area (Å²) in [6.45, 7) is 9.95. The number of nitrogens with one attached hydrogen (secondary N) is 1. The van der Waals surface area contributed by atoms with Gasteiger partial charge in [-0.25, -0.2) is 4.98 Å². The van der Waals surface area contributed by atoms with Crippen LogP contribution in [-0.2, 0) is 11.3 Å². The molecule has 1 N–H and O–H groups in total. The van der Waals surface area contributed by atoms with Crippen LogP contribution in [0, 0.1) is 13.8 Å². The van der Waals surface area contributed by atoms with E-state index in [9.17, 15) is 0 Å². The highest BCUT2D eigenvalue weighted by Gasteiger charge is 2.15. The van der Waals surface area contributed by atoms with Crippen molar-refractivity contribution >= 4 is 11.3 Å². The van der Waals surface area contributed by atoms with Gasteiger partial charge in [0.15, 0.2) is 0 Å². The molecular weight excluding hydrogens is 208 g/mol. The van der Waals surface area contributed by atoms with Crippen molar-refractivity contribution in [2.24, 2.45) is 0 Å². The molecule has 1 aromatic rings. The van der Waals surface area contributed by atoms with Crippen LogP contribution in [-0.4, -0.2) is 24.2 Å². The molecule has 0 aliphatic carbocycles. The Hall–Kier alpha value is -0.450. The quantitative estimate of drug-likeness (QED) is 0.839. The van der Waals surface area contributed by atoms with Gasteiger partial charge in [-0.2, -0.15) is 0 Å². The number of nitrogens with zero attached hydrogens (tertiary/aromatic N) is 1. The second-order valence-electron chi connectivity index (χ2n) is 4.32. The second kappa shape index (κ2) is 5.05. The van der Waals surface area contributed by atoms with Gasteiger partial charge in [-0.3, -0.25) is 0 Å². The standard InChI is InChI=1S/C11H20N2OS/c1-8-9(2)15-10(13-8)6-12-7-11(3,4)14-5/h12H,6-7H2,1-5H3. The Balaban J connectivity index is 2.38. The SMILES string of the molecule is COC(C)(C)CNCc1nc(C)c(C)s1. The van der Waals surface area contributed by atoms with Crippen molar-refractivity contribution in [1.82, 2.24) is 10.3 Å². The lowest BCUT2D eigenvalue weighted by Gasteiger charge is -2.22. The number of methoxy groups -OCH3 is 1. The highest BCUT2D eigenvalue weighted by molar-refractivity contribution is 7.11. The summed E-state index contributed by atoms with van der Waals surface area (Å²) in [5.41, 5.74) is 1.03. The Morgan fingerprint density at radius 3 is 2.53 bits per heavy atom. The van der Waals surface area contributed by atoms with E-state index in [4.69, 9.17) is 4.74 Å². The minimum Gasteiger partial charge on any atom is -0.377 e. The van der Waals surface area contributed by atoms with Crippen LogP contribution in [0.15, 0.2) is 0 Å². The number of thiazole rings is 1. The van der Waals surface area contributed by atoms with Crippen molar-refractivity contribution in [3.8, 4) is 0 Å². The number of ether oxygens (including phenoxy) is 1. The molecule has 0 amide bonds. The van der Waals surface area contributed by atoms with Crippen LogP contribution < -0.4 is 5.32 Å². The van der Waals surface area contributed by atoms with Crippen molar-refractivity contribution in [1.29, 1.82) is 0 Å². The number of hydrogen-bond acceptors (Lipinski definition) is 4. The molecule has 0 atom stereocenters. The molecule has 0 saturated heterocycles. The number of rotatable bonds is 5. The van der Waals surface area contributed by atoms with Crippen LogP contribution in [0.1, 0.15) is 29.4 Å². The Morgan fingerprint density at radius 1 is 1.40 bits per heavy atom. The van der Waals surface area contributed by atoms with Gasteiger partial charge in [-0.1, -0.05) is 0 Å². The third kappa shape index (κ3) is 3.89. The fourth-order valence-electron chi connectivity index (χ4n) is 1.16. The van der Waals surface area contributed by atoms with Gasteiger partial charge in [0.05, 0.1) is 11.3 Å². The molecule has 0 bridgehead atoms. The van der Waals surface area contributed by atoms with Crippen LogP contribution in [0.5, 0.6) is 0 Å². The molecule has 0 fully saturated rings. The average molecular weight is 228 g/mol. The molecule has 0 saturated carbocycles. The van der Waals surface area contributed by atoms with E-state index in [0.717, 1.165) is 23.8 Å². The van der Waals surface area contributed by atoms with Gasteiger partial charge in [-0.15, -0.1) is 11.3 Å². The van der Waals surface area contributed by atoms with Crippen molar-refractivity contribution in [2.75, 3.05) is 13.7 Å². The highest BCUT2D eigenvalue weighted by atomic mass is 32.1. The van der Waals surface area contributed by atoms with E-state index in [1.807, 2.05) is 0 Å². The molecule has 3 nitrogen and oxygen atoms in total. The van der Waals surface area contributed by atoms with Crippen molar-refractivity contribution < 1.29 is 4.74 Å². The first-order chi connectivity index (χ1) is 6.94. The van der Waals surface area contributed by atoms with E-state index in [1.54, 1.807) is 18.4 Å². The summed E-state index contributed by atoms with van der Waals surface area (Å²) in [6, 6.07) is 0. The lowest BCUT2D eigenvalue weighted by molar-refractivity contribution is 0.0230.